The van der Waals surface area contributed by atoms with Gasteiger partial charge in [-0.3, -0.25) is 9.20 Å². The van der Waals surface area contributed by atoms with Crippen molar-refractivity contribution in [1.82, 2.24) is 19.2 Å². The molecule has 3 aromatic heterocycles. The molecule has 0 radical (unpaired) electrons. The van der Waals surface area contributed by atoms with Crippen LogP contribution in [-0.2, 0) is 10.3 Å². The van der Waals surface area contributed by atoms with Gasteiger partial charge in [-0.2, -0.15) is 9.49 Å². The van der Waals surface area contributed by atoms with Gasteiger partial charge in [0.05, 0.1) is 36.3 Å². The number of carbonyl (C=O) groups excluding carboxylic acids is 1. The van der Waals surface area contributed by atoms with E-state index in [1.807, 2.05) is 36.6 Å². The molecule has 1 saturated heterocycles. The molecule has 0 aliphatic carbocycles. The molecular formula is C27H30F2N6O2. The minimum atomic E-state index is -0.770. The number of nitrogens with one attached hydrogen (secondary N) is 1. The van der Waals surface area contributed by atoms with Gasteiger partial charge in [0, 0.05) is 19.3 Å². The molecule has 1 aliphatic heterocycles. The number of aryl methyl sites for hydroxylation is 2. The molecule has 5 rings (SSSR count). The number of halogens is 2. The summed E-state index contributed by atoms with van der Waals surface area (Å²) < 4.78 is 38.6. The smallest absolute Gasteiger partial charge is 0.262 e. The summed E-state index contributed by atoms with van der Waals surface area (Å²) in [4.78, 5) is 19.8. The Bertz CT molecular complexity index is 1500. The maximum atomic E-state index is 15.0. The number of hydrogen-bond donors (Lipinski definition) is 1. The molecule has 0 spiro atoms. The lowest BCUT2D eigenvalue weighted by Crippen LogP contribution is -2.37. The summed E-state index contributed by atoms with van der Waals surface area (Å²) in [6.45, 7) is 11.8. The summed E-state index contributed by atoms with van der Waals surface area (Å²) in [5, 5.41) is 6.53. The number of benzene rings is 1. The largest absolute Gasteiger partial charge is 0.378 e. The van der Waals surface area contributed by atoms with Crippen LogP contribution in [0.2, 0.25) is 0 Å². The monoisotopic (exact) mass is 508 g/mol. The number of hydrogen-bond acceptors (Lipinski definition) is 5. The molecule has 8 nitrogen and oxygen atoms in total. The van der Waals surface area contributed by atoms with Gasteiger partial charge in [-0.25, -0.2) is 14.1 Å². The third-order valence-corrected chi connectivity index (χ3v) is 6.47. The fourth-order valence-corrected chi connectivity index (χ4v) is 4.61. The molecule has 1 aromatic carbocycles. The Kier molecular flexibility index (Phi) is 6.23. The zero-order chi connectivity index (χ0) is 26.5. The van der Waals surface area contributed by atoms with Gasteiger partial charge in [-0.05, 0) is 75.6 Å². The topological polar surface area (TPSA) is 76.7 Å². The first-order valence-corrected chi connectivity index (χ1v) is 12.2. The van der Waals surface area contributed by atoms with Crippen LogP contribution in [0.1, 0.15) is 42.4 Å². The van der Waals surface area contributed by atoms with Crippen LogP contribution in [0.15, 0.2) is 36.7 Å². The Morgan fingerprint density at radius 1 is 1.08 bits per heavy atom. The van der Waals surface area contributed by atoms with E-state index in [9.17, 15) is 13.6 Å². The van der Waals surface area contributed by atoms with E-state index in [-0.39, 0.29) is 11.3 Å². The number of imidazole rings is 1. The lowest BCUT2D eigenvalue weighted by molar-refractivity contribution is 0.102. The third-order valence-electron chi connectivity index (χ3n) is 6.47. The van der Waals surface area contributed by atoms with Crippen molar-refractivity contribution in [2.75, 3.05) is 36.5 Å². The highest BCUT2D eigenvalue weighted by Crippen LogP contribution is 2.33. The molecule has 194 valence electrons. The second-order valence-corrected chi connectivity index (χ2v) is 10.3. The lowest BCUT2D eigenvalue weighted by atomic mass is 9.99. The van der Waals surface area contributed by atoms with Gasteiger partial charge in [-0.15, -0.1) is 0 Å². The zero-order valence-corrected chi connectivity index (χ0v) is 21.6. The number of ether oxygens (including phenoxy) is 1. The first-order valence-electron chi connectivity index (χ1n) is 12.2. The third kappa shape index (κ3) is 4.69. The second-order valence-electron chi connectivity index (χ2n) is 10.3. The Hall–Kier alpha value is -3.79. The van der Waals surface area contributed by atoms with Crippen molar-refractivity contribution in [3.63, 3.8) is 0 Å². The molecule has 0 bridgehead atoms. The van der Waals surface area contributed by atoms with Crippen LogP contribution in [0.5, 0.6) is 0 Å². The lowest BCUT2D eigenvalue weighted by Gasteiger charge is -2.30. The second kappa shape index (κ2) is 9.26. The molecule has 1 aliphatic rings. The molecule has 0 atom stereocenters. The number of nitrogens with zero attached hydrogens (tertiary/aromatic N) is 5. The van der Waals surface area contributed by atoms with E-state index in [2.05, 4.69) is 20.3 Å². The zero-order valence-electron chi connectivity index (χ0n) is 21.6. The number of amides is 1. The van der Waals surface area contributed by atoms with Crippen molar-refractivity contribution < 1.29 is 18.3 Å². The van der Waals surface area contributed by atoms with Crippen molar-refractivity contribution in [1.29, 1.82) is 0 Å². The van der Waals surface area contributed by atoms with Crippen LogP contribution in [0.25, 0.3) is 16.8 Å². The van der Waals surface area contributed by atoms with E-state index in [0.29, 0.717) is 18.8 Å². The predicted molar refractivity (Wildman–Crippen MR) is 138 cm³/mol. The van der Waals surface area contributed by atoms with E-state index in [4.69, 9.17) is 4.74 Å². The molecule has 0 saturated carbocycles. The number of pyridine rings is 1. The Morgan fingerprint density at radius 3 is 2.49 bits per heavy atom. The average Bonchev–Trinajstić information content (AvgIpc) is 3.42. The standard InChI is InChI=1S/C27H30F2N6O2/c1-16-10-21(28)22(32-26(36)20-14-30-35(25(20)29)27(3,4)5)13-19(16)18-11-23-31-17(2)15-34(23)24(12-18)33-6-8-37-9-7-33/h10-15H,6-9H2,1-5H3,(H,32,36). The van der Waals surface area contributed by atoms with Gasteiger partial charge < -0.3 is 15.0 Å². The first kappa shape index (κ1) is 24.9. The summed E-state index contributed by atoms with van der Waals surface area (Å²) >= 11 is 0. The summed E-state index contributed by atoms with van der Waals surface area (Å²) in [5.74, 6) is -1.19. The van der Waals surface area contributed by atoms with Gasteiger partial charge >= 0.3 is 0 Å². The van der Waals surface area contributed by atoms with Crippen LogP contribution in [-0.4, -0.2) is 51.4 Å². The van der Waals surface area contributed by atoms with Gasteiger partial charge in [0.25, 0.3) is 5.91 Å². The van der Waals surface area contributed by atoms with Gasteiger partial charge in [0.1, 0.15) is 22.8 Å². The van der Waals surface area contributed by atoms with Gasteiger partial charge in [0.2, 0.25) is 5.95 Å². The maximum absolute atomic E-state index is 15.0. The highest BCUT2D eigenvalue weighted by molar-refractivity contribution is 6.04. The Morgan fingerprint density at radius 2 is 1.81 bits per heavy atom. The predicted octanol–water partition coefficient (Wildman–Crippen LogP) is 4.94. The molecule has 10 heteroatoms. The molecule has 37 heavy (non-hydrogen) atoms. The molecule has 4 heterocycles. The normalized spacial score (nSPS) is 14.4. The summed E-state index contributed by atoms with van der Waals surface area (Å²) in [6.07, 6.45) is 3.14. The molecule has 4 aromatic rings. The average molecular weight is 509 g/mol. The van der Waals surface area contributed by atoms with E-state index in [1.54, 1.807) is 26.8 Å². The number of aromatic nitrogens is 4. The van der Waals surface area contributed by atoms with Crippen molar-refractivity contribution in [2.45, 2.75) is 40.2 Å². The number of carbonyl (C=O) groups is 1. The highest BCUT2D eigenvalue weighted by atomic mass is 19.1. The van der Waals surface area contributed by atoms with Crippen molar-refractivity contribution >= 4 is 23.1 Å². The van der Waals surface area contributed by atoms with E-state index >= 15 is 0 Å². The van der Waals surface area contributed by atoms with Crippen LogP contribution in [0, 0.1) is 25.6 Å². The maximum Gasteiger partial charge on any atom is 0.262 e. The Labute approximate surface area is 213 Å². The van der Waals surface area contributed by atoms with E-state index in [1.165, 1.54) is 6.07 Å². The van der Waals surface area contributed by atoms with Crippen LogP contribution >= 0.6 is 0 Å². The van der Waals surface area contributed by atoms with E-state index in [0.717, 1.165) is 52.3 Å². The highest BCUT2D eigenvalue weighted by Gasteiger charge is 2.25. The van der Waals surface area contributed by atoms with Crippen LogP contribution in [0.3, 0.4) is 0 Å². The SMILES string of the molecule is Cc1cn2c(N3CCOCC3)cc(-c3cc(NC(=O)c4cnn(C(C)(C)C)c4F)c(F)cc3C)cc2n1. The van der Waals surface area contributed by atoms with Gasteiger partial charge in [0.15, 0.2) is 0 Å². The quantitative estimate of drug-likeness (QED) is 0.423. The van der Waals surface area contributed by atoms with Crippen LogP contribution in [0.4, 0.5) is 20.3 Å². The van der Waals surface area contributed by atoms with Crippen molar-refractivity contribution in [3.8, 4) is 11.1 Å². The summed E-state index contributed by atoms with van der Waals surface area (Å²) in [5.41, 5.74) is 2.98. The molecule has 1 fully saturated rings. The first-order chi connectivity index (χ1) is 17.5. The molecule has 1 N–H and O–H groups in total. The fraction of sp³-hybridized carbons (Fsp3) is 0.370. The molecule has 1 amide bonds. The van der Waals surface area contributed by atoms with Crippen LogP contribution < -0.4 is 10.2 Å². The fourth-order valence-electron chi connectivity index (χ4n) is 4.61. The van der Waals surface area contributed by atoms with E-state index < -0.39 is 23.2 Å². The minimum absolute atomic E-state index is 0.0409. The number of anilines is 2. The van der Waals surface area contributed by atoms with Gasteiger partial charge in [-0.1, -0.05) is 0 Å². The summed E-state index contributed by atoms with van der Waals surface area (Å²) in [6, 6.07) is 6.93. The minimum Gasteiger partial charge on any atom is -0.378 e. The van der Waals surface area contributed by atoms with Crippen molar-refractivity contribution in [3.05, 3.63) is 65.2 Å². The number of fused-ring (bicyclic) bond motifs is 1. The molecular weight excluding hydrogens is 478 g/mol. The number of morpholine rings is 1. The van der Waals surface area contributed by atoms with Crippen molar-refractivity contribution in [2.24, 2.45) is 0 Å². The summed E-state index contributed by atoms with van der Waals surface area (Å²) in [7, 11) is 0. The number of rotatable bonds is 4. The Balaban J connectivity index is 1.54. The molecule has 0 unspecified atom stereocenters.